The molecule has 1 fully saturated rings. The zero-order chi connectivity index (χ0) is 22.9. The van der Waals surface area contributed by atoms with Gasteiger partial charge in [0.15, 0.2) is 0 Å². The molecule has 1 saturated heterocycles. The van der Waals surface area contributed by atoms with Crippen molar-refractivity contribution in [2.24, 2.45) is 11.7 Å². The Hall–Kier alpha value is -2.88. The van der Waals surface area contributed by atoms with Crippen molar-refractivity contribution in [2.75, 3.05) is 18.4 Å². The fourth-order valence-electron chi connectivity index (χ4n) is 3.55. The summed E-state index contributed by atoms with van der Waals surface area (Å²) >= 11 is 1.29. The minimum absolute atomic E-state index is 0.173. The third kappa shape index (κ3) is 4.90. The number of nitrogens with two attached hydrogens (primary N) is 1. The van der Waals surface area contributed by atoms with Gasteiger partial charge in [-0.2, -0.15) is 13.2 Å². The molecule has 1 aromatic heterocycles. The summed E-state index contributed by atoms with van der Waals surface area (Å²) in [5.41, 5.74) is 5.85. The van der Waals surface area contributed by atoms with Crippen LogP contribution in [0.2, 0.25) is 0 Å². The minimum atomic E-state index is -4.46. The summed E-state index contributed by atoms with van der Waals surface area (Å²) in [5, 5.41) is 3.21. The zero-order valence-corrected chi connectivity index (χ0v) is 17.8. The average molecular weight is 453 g/mol. The number of nitrogens with one attached hydrogen (secondary N) is 1. The number of halogens is 3. The third-order valence-corrected chi connectivity index (χ3v) is 6.60. The topological polar surface area (TPSA) is 92.5 Å². The van der Waals surface area contributed by atoms with Gasteiger partial charge in [0.05, 0.1) is 11.1 Å². The van der Waals surface area contributed by atoms with Gasteiger partial charge in [-0.05, 0) is 56.5 Å². The van der Waals surface area contributed by atoms with E-state index in [2.05, 4.69) is 5.32 Å². The molecule has 0 unspecified atom stereocenters. The first-order valence-electron chi connectivity index (χ1n) is 9.66. The second kappa shape index (κ2) is 8.70. The molecule has 0 saturated carbocycles. The van der Waals surface area contributed by atoms with Crippen LogP contribution in [0.4, 0.5) is 18.2 Å². The number of rotatable bonds is 4. The number of hydrogen-bond donors (Lipinski definition) is 2. The van der Waals surface area contributed by atoms with Gasteiger partial charge < -0.3 is 16.0 Å². The number of carbonyl (C=O) groups excluding carboxylic acids is 3. The van der Waals surface area contributed by atoms with Crippen molar-refractivity contribution >= 4 is 34.1 Å². The fourth-order valence-corrected chi connectivity index (χ4v) is 4.62. The molecule has 0 radical (unpaired) electrons. The summed E-state index contributed by atoms with van der Waals surface area (Å²) in [6, 6.07) is 4.09. The predicted octanol–water partition coefficient (Wildman–Crippen LogP) is 3.97. The molecule has 0 aliphatic carbocycles. The zero-order valence-electron chi connectivity index (χ0n) is 17.0. The number of nitrogens with zero attached hydrogens (tertiary/aromatic N) is 1. The summed E-state index contributed by atoms with van der Waals surface area (Å²) in [5.74, 6) is -1.56. The maximum atomic E-state index is 12.7. The Morgan fingerprint density at radius 1 is 1.10 bits per heavy atom. The number of aryl methyl sites for hydroxylation is 1. The third-order valence-electron chi connectivity index (χ3n) is 5.48. The highest BCUT2D eigenvalue weighted by Gasteiger charge is 2.32. The van der Waals surface area contributed by atoms with Crippen LogP contribution in [-0.4, -0.2) is 35.7 Å². The van der Waals surface area contributed by atoms with Crippen LogP contribution in [0.3, 0.4) is 0 Å². The maximum absolute atomic E-state index is 12.7. The molecule has 3 N–H and O–H groups in total. The fraction of sp³-hybridized carbons (Fsp3) is 0.381. The predicted molar refractivity (Wildman–Crippen MR) is 111 cm³/mol. The van der Waals surface area contributed by atoms with Crippen molar-refractivity contribution in [2.45, 2.75) is 32.9 Å². The van der Waals surface area contributed by atoms with Gasteiger partial charge in [-0.3, -0.25) is 14.4 Å². The van der Waals surface area contributed by atoms with Crippen molar-refractivity contribution in [3.8, 4) is 0 Å². The molecule has 3 rings (SSSR count). The van der Waals surface area contributed by atoms with Crippen molar-refractivity contribution in [3.63, 3.8) is 0 Å². The van der Waals surface area contributed by atoms with E-state index in [0.717, 1.165) is 34.7 Å². The minimum Gasteiger partial charge on any atom is -0.365 e. The van der Waals surface area contributed by atoms with E-state index in [9.17, 15) is 27.6 Å². The SMILES string of the molecule is Cc1sc(NC(=O)C2CCN(C(=O)c3ccc(C(F)(F)F)cc3)CC2)c(C(N)=O)c1C. The number of piperidine rings is 1. The lowest BCUT2D eigenvalue weighted by atomic mass is 9.95. The Labute approximate surface area is 181 Å². The Kier molecular flexibility index (Phi) is 6.40. The average Bonchev–Trinajstić information content (AvgIpc) is 3.00. The van der Waals surface area contributed by atoms with Crippen LogP contribution in [0.25, 0.3) is 0 Å². The molecule has 1 aliphatic rings. The van der Waals surface area contributed by atoms with E-state index in [1.165, 1.54) is 16.2 Å². The lowest BCUT2D eigenvalue weighted by Gasteiger charge is -2.31. The summed E-state index contributed by atoms with van der Waals surface area (Å²) < 4.78 is 38.1. The van der Waals surface area contributed by atoms with Gasteiger partial charge in [0.2, 0.25) is 5.91 Å². The van der Waals surface area contributed by atoms with Crippen LogP contribution < -0.4 is 11.1 Å². The van der Waals surface area contributed by atoms with Gasteiger partial charge in [0, 0.05) is 29.4 Å². The highest BCUT2D eigenvalue weighted by atomic mass is 32.1. The van der Waals surface area contributed by atoms with Crippen molar-refractivity contribution in [1.82, 2.24) is 4.90 Å². The van der Waals surface area contributed by atoms with Crippen molar-refractivity contribution < 1.29 is 27.6 Å². The Balaban J connectivity index is 1.60. The van der Waals surface area contributed by atoms with E-state index in [1.807, 2.05) is 6.92 Å². The van der Waals surface area contributed by atoms with Crippen molar-refractivity contribution in [3.05, 3.63) is 51.4 Å². The molecule has 0 spiro atoms. The van der Waals surface area contributed by atoms with Crippen LogP contribution in [0.5, 0.6) is 0 Å². The summed E-state index contributed by atoms with van der Waals surface area (Å²) in [6.45, 7) is 4.23. The lowest BCUT2D eigenvalue weighted by molar-refractivity contribution is -0.137. The number of carbonyl (C=O) groups is 3. The molecule has 0 bridgehead atoms. The number of thiophene rings is 1. The molecule has 6 nitrogen and oxygen atoms in total. The first-order valence-corrected chi connectivity index (χ1v) is 10.5. The number of likely N-dealkylation sites (tertiary alicyclic amines) is 1. The van der Waals surface area contributed by atoms with E-state index in [0.29, 0.717) is 36.5 Å². The van der Waals surface area contributed by atoms with Gasteiger partial charge >= 0.3 is 6.18 Å². The van der Waals surface area contributed by atoms with E-state index in [1.54, 1.807) is 6.92 Å². The van der Waals surface area contributed by atoms with E-state index in [4.69, 9.17) is 5.73 Å². The van der Waals surface area contributed by atoms with Crippen LogP contribution in [-0.2, 0) is 11.0 Å². The van der Waals surface area contributed by atoms with Gasteiger partial charge in [-0.15, -0.1) is 11.3 Å². The number of benzene rings is 1. The van der Waals surface area contributed by atoms with Crippen molar-refractivity contribution in [1.29, 1.82) is 0 Å². The highest BCUT2D eigenvalue weighted by Crippen LogP contribution is 2.33. The van der Waals surface area contributed by atoms with Gasteiger partial charge in [-0.1, -0.05) is 0 Å². The molecule has 2 aromatic rings. The molecule has 3 amide bonds. The standard InChI is InChI=1S/C21H22F3N3O3S/c1-11-12(2)31-19(16(11)17(25)28)26-18(29)13-7-9-27(10-8-13)20(30)14-3-5-15(6-4-14)21(22,23)24/h3-6,13H,7-10H2,1-2H3,(H2,25,28)(H,26,29). The van der Waals surface area contributed by atoms with E-state index in [-0.39, 0.29) is 23.3 Å². The summed E-state index contributed by atoms with van der Waals surface area (Å²) in [4.78, 5) is 39.4. The summed E-state index contributed by atoms with van der Waals surface area (Å²) in [7, 11) is 0. The number of alkyl halides is 3. The number of hydrogen-bond acceptors (Lipinski definition) is 4. The number of amides is 3. The molecular weight excluding hydrogens is 431 g/mol. The first kappa shape index (κ1) is 22.8. The molecule has 1 aliphatic heterocycles. The quantitative estimate of drug-likeness (QED) is 0.734. The Morgan fingerprint density at radius 3 is 2.19 bits per heavy atom. The molecule has 10 heteroatoms. The number of primary amides is 1. The van der Waals surface area contributed by atoms with Gasteiger partial charge in [-0.25, -0.2) is 0 Å². The molecule has 166 valence electrons. The van der Waals surface area contributed by atoms with Crippen LogP contribution in [0.15, 0.2) is 24.3 Å². The molecule has 2 heterocycles. The second-order valence-electron chi connectivity index (χ2n) is 7.48. The highest BCUT2D eigenvalue weighted by molar-refractivity contribution is 7.16. The van der Waals surface area contributed by atoms with Crippen LogP contribution in [0.1, 0.15) is 49.6 Å². The maximum Gasteiger partial charge on any atom is 0.416 e. The van der Waals surface area contributed by atoms with Crippen LogP contribution in [0, 0.1) is 19.8 Å². The normalized spacial score (nSPS) is 15.1. The first-order chi connectivity index (χ1) is 14.5. The van der Waals surface area contributed by atoms with Gasteiger partial charge in [0.1, 0.15) is 5.00 Å². The molecule has 0 atom stereocenters. The van der Waals surface area contributed by atoms with Gasteiger partial charge in [0.25, 0.3) is 11.8 Å². The lowest BCUT2D eigenvalue weighted by Crippen LogP contribution is -2.41. The van der Waals surface area contributed by atoms with E-state index < -0.39 is 17.6 Å². The second-order valence-corrected chi connectivity index (χ2v) is 8.71. The summed E-state index contributed by atoms with van der Waals surface area (Å²) in [6.07, 6.45) is -3.64. The molecular formula is C21H22F3N3O3S. The molecule has 1 aromatic carbocycles. The van der Waals surface area contributed by atoms with E-state index >= 15 is 0 Å². The largest absolute Gasteiger partial charge is 0.416 e. The Bertz CT molecular complexity index is 1010. The Morgan fingerprint density at radius 2 is 1.68 bits per heavy atom. The monoisotopic (exact) mass is 453 g/mol. The number of anilines is 1. The smallest absolute Gasteiger partial charge is 0.365 e. The molecule has 31 heavy (non-hydrogen) atoms. The van der Waals surface area contributed by atoms with Crippen LogP contribution >= 0.6 is 11.3 Å².